The van der Waals surface area contributed by atoms with Gasteiger partial charge in [0.1, 0.15) is 24.2 Å². The van der Waals surface area contributed by atoms with Gasteiger partial charge in [0.25, 0.3) is 0 Å². The van der Waals surface area contributed by atoms with Gasteiger partial charge in [0.2, 0.25) is 5.91 Å². The molecule has 1 atom stereocenters. The first-order valence-electron chi connectivity index (χ1n) is 8.06. The summed E-state index contributed by atoms with van der Waals surface area (Å²) in [6, 6.07) is 5.90. The third-order valence-corrected chi connectivity index (χ3v) is 3.79. The Labute approximate surface area is 176 Å². The summed E-state index contributed by atoms with van der Waals surface area (Å²) in [5, 5.41) is 6.35. The van der Waals surface area contributed by atoms with E-state index in [0.717, 1.165) is 12.3 Å². The van der Waals surface area contributed by atoms with E-state index in [4.69, 9.17) is 4.74 Å². The monoisotopic (exact) mass is 498 g/mol. The van der Waals surface area contributed by atoms with Crippen LogP contribution >= 0.6 is 35.7 Å². The first-order valence-corrected chi connectivity index (χ1v) is 9.45. The highest BCUT2D eigenvalue weighted by molar-refractivity contribution is 14.0. The molecule has 1 amide bonds. The molecule has 0 bridgehead atoms. The second-order valence-corrected chi connectivity index (χ2v) is 6.62. The predicted octanol–water partition coefficient (Wildman–Crippen LogP) is 2.20. The van der Waals surface area contributed by atoms with Crippen LogP contribution in [0.5, 0.6) is 5.75 Å². The molecule has 9 heteroatoms. The molecule has 1 aromatic rings. The zero-order valence-corrected chi connectivity index (χ0v) is 18.8. The zero-order valence-electron chi connectivity index (χ0n) is 15.6. The molecule has 1 aromatic carbocycles. The Hall–Kier alpha value is -1.23. The molecule has 0 aliphatic rings. The summed E-state index contributed by atoms with van der Waals surface area (Å²) in [5.74, 6) is 1.74. The number of halogens is 2. The van der Waals surface area contributed by atoms with E-state index < -0.39 is 0 Å². The van der Waals surface area contributed by atoms with Gasteiger partial charge >= 0.3 is 0 Å². The van der Waals surface area contributed by atoms with E-state index in [1.807, 2.05) is 13.2 Å². The molecule has 1 unspecified atom stereocenters. The van der Waals surface area contributed by atoms with Crippen LogP contribution in [0.1, 0.15) is 6.92 Å². The lowest BCUT2D eigenvalue weighted by Gasteiger charge is -2.18. The maximum absolute atomic E-state index is 12.9. The van der Waals surface area contributed by atoms with Crippen LogP contribution in [0.15, 0.2) is 29.3 Å². The van der Waals surface area contributed by atoms with Crippen LogP contribution in [-0.4, -0.2) is 68.6 Å². The van der Waals surface area contributed by atoms with Crippen LogP contribution in [0.2, 0.25) is 0 Å². The molecule has 148 valence electrons. The molecule has 0 radical (unpaired) electrons. The number of ether oxygens (including phenoxy) is 1. The van der Waals surface area contributed by atoms with Crippen molar-refractivity contribution in [3.63, 3.8) is 0 Å². The molecule has 1 rings (SSSR count). The quantitative estimate of drug-likeness (QED) is 0.237. The van der Waals surface area contributed by atoms with Crippen LogP contribution < -0.4 is 15.4 Å². The summed E-state index contributed by atoms with van der Waals surface area (Å²) < 4.78 is 18.6. The summed E-state index contributed by atoms with van der Waals surface area (Å²) in [5.41, 5.74) is 0. The van der Waals surface area contributed by atoms with Crippen molar-refractivity contribution in [2.24, 2.45) is 4.99 Å². The Kier molecular flexibility index (Phi) is 13.2. The van der Waals surface area contributed by atoms with E-state index in [1.54, 1.807) is 38.0 Å². The minimum absolute atomic E-state index is 0. The molecule has 0 heterocycles. The van der Waals surface area contributed by atoms with Gasteiger partial charge in [-0.15, -0.1) is 24.0 Å². The number of guanidine groups is 1. The number of carbonyl (C=O) groups excluding carboxylic acids is 1. The number of aliphatic imine (C=N–C) groups is 1. The molecule has 0 aliphatic carbocycles. The van der Waals surface area contributed by atoms with Crippen molar-refractivity contribution in [3.05, 3.63) is 30.1 Å². The fourth-order valence-corrected chi connectivity index (χ4v) is 2.07. The smallest absolute Gasteiger partial charge is 0.243 e. The van der Waals surface area contributed by atoms with E-state index in [9.17, 15) is 9.18 Å². The van der Waals surface area contributed by atoms with Gasteiger partial charge in [0, 0.05) is 26.4 Å². The van der Waals surface area contributed by atoms with Crippen LogP contribution in [0.4, 0.5) is 4.39 Å². The number of hydrogen-bond donors (Lipinski definition) is 2. The molecule has 0 aliphatic heterocycles. The van der Waals surface area contributed by atoms with Gasteiger partial charge in [-0.1, -0.05) is 0 Å². The first-order chi connectivity index (χ1) is 11.9. The van der Waals surface area contributed by atoms with Crippen molar-refractivity contribution in [2.75, 3.05) is 45.7 Å². The number of benzene rings is 1. The minimum atomic E-state index is -0.295. The molecular formula is C17H28FIN4O2S. The number of nitrogens with zero attached hydrogens (tertiary/aromatic N) is 2. The normalized spacial score (nSPS) is 12.0. The second kappa shape index (κ2) is 13.9. The van der Waals surface area contributed by atoms with Gasteiger partial charge in [-0.3, -0.25) is 4.79 Å². The van der Waals surface area contributed by atoms with Crippen molar-refractivity contribution >= 4 is 47.6 Å². The van der Waals surface area contributed by atoms with Gasteiger partial charge in [-0.05, 0) is 37.4 Å². The van der Waals surface area contributed by atoms with E-state index >= 15 is 0 Å². The molecule has 0 fully saturated rings. The fraction of sp³-hybridized carbons (Fsp3) is 0.529. The van der Waals surface area contributed by atoms with Gasteiger partial charge in [0.15, 0.2) is 5.96 Å². The molecular weight excluding hydrogens is 470 g/mol. The van der Waals surface area contributed by atoms with E-state index in [0.29, 0.717) is 18.3 Å². The number of rotatable bonds is 9. The average molecular weight is 498 g/mol. The summed E-state index contributed by atoms with van der Waals surface area (Å²) in [4.78, 5) is 17.5. The number of thioether (sulfide) groups is 1. The number of carbonyl (C=O) groups is 1. The Bertz CT molecular complexity index is 558. The molecule has 0 aromatic heterocycles. The van der Waals surface area contributed by atoms with Crippen molar-refractivity contribution in [1.82, 2.24) is 15.5 Å². The maximum Gasteiger partial charge on any atom is 0.243 e. The van der Waals surface area contributed by atoms with E-state index in [1.165, 1.54) is 17.0 Å². The van der Waals surface area contributed by atoms with Gasteiger partial charge in [-0.25, -0.2) is 9.38 Å². The maximum atomic E-state index is 12.9. The Morgan fingerprint density at radius 2 is 1.96 bits per heavy atom. The zero-order chi connectivity index (χ0) is 18.7. The largest absolute Gasteiger partial charge is 0.489 e. The van der Waals surface area contributed by atoms with Gasteiger partial charge in [0.05, 0.1) is 6.54 Å². The highest BCUT2D eigenvalue weighted by Crippen LogP contribution is 2.12. The highest BCUT2D eigenvalue weighted by atomic mass is 127. The van der Waals surface area contributed by atoms with E-state index in [-0.39, 0.29) is 48.3 Å². The standard InChI is InChI=1S/C17H27FN4O2S.HI/c1-13(24-15-7-5-14(18)6-8-15)11-20-17(19-9-10-25-4)21-12-16(23)22(2)3;/h5-8,13H,9-12H2,1-4H3,(H2,19,20,21);1H. The van der Waals surface area contributed by atoms with Crippen molar-refractivity contribution in [2.45, 2.75) is 13.0 Å². The minimum Gasteiger partial charge on any atom is -0.489 e. The first kappa shape index (κ1) is 24.8. The van der Waals surface area contributed by atoms with Gasteiger partial charge in [-0.2, -0.15) is 11.8 Å². The van der Waals surface area contributed by atoms with Crippen LogP contribution in [0.3, 0.4) is 0 Å². The van der Waals surface area contributed by atoms with Crippen molar-refractivity contribution in [3.8, 4) is 5.75 Å². The van der Waals surface area contributed by atoms with E-state index in [2.05, 4.69) is 15.6 Å². The summed E-state index contributed by atoms with van der Waals surface area (Å²) in [6.45, 7) is 3.23. The van der Waals surface area contributed by atoms with Crippen LogP contribution in [0, 0.1) is 5.82 Å². The molecule has 6 nitrogen and oxygen atoms in total. The Balaban J connectivity index is 0.00000625. The number of amides is 1. The molecule has 0 saturated heterocycles. The summed E-state index contributed by atoms with van der Waals surface area (Å²) in [6.07, 6.45) is 1.88. The Morgan fingerprint density at radius 1 is 1.31 bits per heavy atom. The van der Waals surface area contributed by atoms with Crippen molar-refractivity contribution < 1.29 is 13.9 Å². The fourth-order valence-electron chi connectivity index (χ4n) is 1.76. The van der Waals surface area contributed by atoms with Crippen molar-refractivity contribution in [1.29, 1.82) is 0 Å². The third-order valence-electron chi connectivity index (χ3n) is 3.18. The van der Waals surface area contributed by atoms with Crippen LogP contribution in [-0.2, 0) is 4.79 Å². The third kappa shape index (κ3) is 10.7. The number of hydrogen-bond acceptors (Lipinski definition) is 4. The van der Waals surface area contributed by atoms with Gasteiger partial charge < -0.3 is 20.3 Å². The number of likely N-dealkylation sites (N-methyl/N-ethyl adjacent to an activating group) is 1. The van der Waals surface area contributed by atoms with Crippen LogP contribution in [0.25, 0.3) is 0 Å². The number of nitrogens with one attached hydrogen (secondary N) is 2. The molecule has 0 saturated carbocycles. The Morgan fingerprint density at radius 3 is 2.54 bits per heavy atom. The highest BCUT2D eigenvalue weighted by Gasteiger charge is 2.08. The summed E-state index contributed by atoms with van der Waals surface area (Å²) in [7, 11) is 3.40. The average Bonchev–Trinajstić information content (AvgIpc) is 2.58. The lowest BCUT2D eigenvalue weighted by molar-refractivity contribution is -0.127. The topological polar surface area (TPSA) is 66.0 Å². The molecule has 0 spiro atoms. The SMILES string of the molecule is CSCCNC(=NCC(=O)N(C)C)NCC(C)Oc1ccc(F)cc1.I. The lowest BCUT2D eigenvalue weighted by Crippen LogP contribution is -2.43. The predicted molar refractivity (Wildman–Crippen MR) is 117 cm³/mol. The second-order valence-electron chi connectivity index (χ2n) is 5.64. The lowest BCUT2D eigenvalue weighted by atomic mass is 10.3. The molecule has 26 heavy (non-hydrogen) atoms. The molecule has 2 N–H and O–H groups in total. The summed E-state index contributed by atoms with van der Waals surface area (Å²) >= 11 is 1.72.